The van der Waals surface area contributed by atoms with Crippen LogP contribution >= 0.6 is 0 Å². The van der Waals surface area contributed by atoms with Crippen molar-refractivity contribution < 1.29 is 13.2 Å². The van der Waals surface area contributed by atoms with Crippen LogP contribution < -0.4 is 5.32 Å². The number of hydrogen-bond acceptors (Lipinski definition) is 3. The third-order valence-electron chi connectivity index (χ3n) is 4.01. The molecule has 1 aromatic rings. The maximum atomic E-state index is 12.7. The first-order valence-electron chi connectivity index (χ1n) is 7.19. The summed E-state index contributed by atoms with van der Waals surface area (Å²) in [5.74, 6) is 0.640. The molecule has 1 N–H and O–H groups in total. The zero-order valence-corrected chi connectivity index (χ0v) is 11.9. The van der Waals surface area contributed by atoms with Crippen molar-refractivity contribution in [1.82, 2.24) is 4.98 Å². The van der Waals surface area contributed by atoms with Crippen LogP contribution in [-0.2, 0) is 6.18 Å². The van der Waals surface area contributed by atoms with Crippen LogP contribution in [0.1, 0.15) is 50.3 Å². The minimum atomic E-state index is -4.50. The summed E-state index contributed by atoms with van der Waals surface area (Å²) in [5.41, 5.74) is -0.812. The number of nitrogens with zero attached hydrogens (tertiary/aromatic N) is 2. The number of rotatable bonds is 3. The fraction of sp³-hybridized carbons (Fsp3) is 0.600. The van der Waals surface area contributed by atoms with E-state index in [9.17, 15) is 13.2 Å². The molecule has 1 saturated carbocycles. The van der Waals surface area contributed by atoms with Crippen molar-refractivity contribution in [3.63, 3.8) is 0 Å². The lowest BCUT2D eigenvalue weighted by Crippen LogP contribution is -2.28. The monoisotopic (exact) mass is 297 g/mol. The second-order valence-electron chi connectivity index (χ2n) is 5.48. The minimum absolute atomic E-state index is 0.0501. The Balaban J connectivity index is 2.20. The van der Waals surface area contributed by atoms with Gasteiger partial charge in [0.05, 0.1) is 5.56 Å². The zero-order chi connectivity index (χ0) is 15.5. The summed E-state index contributed by atoms with van der Waals surface area (Å²) in [7, 11) is 0. The van der Waals surface area contributed by atoms with Gasteiger partial charge in [-0.1, -0.05) is 26.2 Å². The van der Waals surface area contributed by atoms with E-state index in [1.54, 1.807) is 0 Å². The average Bonchev–Trinajstić information content (AvgIpc) is 2.46. The number of nitrogens with one attached hydrogen (secondary N) is 1. The van der Waals surface area contributed by atoms with Crippen LogP contribution in [0.5, 0.6) is 0 Å². The number of aromatic nitrogens is 1. The van der Waals surface area contributed by atoms with Crippen LogP contribution in [0.2, 0.25) is 0 Å². The Hall–Kier alpha value is -1.77. The van der Waals surface area contributed by atoms with Gasteiger partial charge in [0.25, 0.3) is 0 Å². The first-order valence-corrected chi connectivity index (χ1v) is 7.19. The van der Waals surface area contributed by atoms with Crippen molar-refractivity contribution >= 4 is 5.82 Å². The number of halogens is 3. The van der Waals surface area contributed by atoms with Gasteiger partial charge in [0.1, 0.15) is 17.6 Å². The zero-order valence-electron chi connectivity index (χ0n) is 11.9. The first-order chi connectivity index (χ1) is 9.94. The van der Waals surface area contributed by atoms with Crippen molar-refractivity contribution in [3.05, 3.63) is 23.4 Å². The highest BCUT2D eigenvalue weighted by molar-refractivity contribution is 5.53. The molecule has 2 unspecified atom stereocenters. The molecule has 0 saturated heterocycles. The van der Waals surface area contributed by atoms with Crippen molar-refractivity contribution in [1.29, 1.82) is 5.26 Å². The second kappa shape index (κ2) is 6.33. The first kappa shape index (κ1) is 15.6. The number of anilines is 1. The van der Waals surface area contributed by atoms with E-state index in [4.69, 9.17) is 5.26 Å². The van der Waals surface area contributed by atoms with Crippen molar-refractivity contribution in [3.8, 4) is 6.07 Å². The van der Waals surface area contributed by atoms with Crippen LogP contribution in [0, 0.1) is 17.2 Å². The Morgan fingerprint density at radius 3 is 2.76 bits per heavy atom. The molecule has 114 valence electrons. The molecule has 6 heteroatoms. The molecule has 2 atom stereocenters. The summed E-state index contributed by atoms with van der Waals surface area (Å²) < 4.78 is 38.2. The highest BCUT2D eigenvalue weighted by Gasteiger charge is 2.33. The van der Waals surface area contributed by atoms with E-state index in [0.29, 0.717) is 5.92 Å². The largest absolute Gasteiger partial charge is 0.433 e. The normalized spacial score (nSPS) is 22.6. The summed E-state index contributed by atoms with van der Waals surface area (Å²) >= 11 is 0. The van der Waals surface area contributed by atoms with E-state index in [-0.39, 0.29) is 17.4 Å². The van der Waals surface area contributed by atoms with Gasteiger partial charge in [0.15, 0.2) is 0 Å². The van der Waals surface area contributed by atoms with E-state index in [1.165, 1.54) is 6.07 Å². The number of hydrogen-bond donors (Lipinski definition) is 1. The van der Waals surface area contributed by atoms with Gasteiger partial charge in [0.2, 0.25) is 0 Å². The van der Waals surface area contributed by atoms with E-state index in [1.807, 2.05) is 6.07 Å². The van der Waals surface area contributed by atoms with Gasteiger partial charge in [-0.05, 0) is 30.9 Å². The highest BCUT2D eigenvalue weighted by Crippen LogP contribution is 2.32. The SMILES string of the molecule is CCC1CCCC(Nc2nc(C(F)(F)F)ccc2C#N)C1. The summed E-state index contributed by atoms with van der Waals surface area (Å²) in [6.07, 6.45) is 0.605. The lowest BCUT2D eigenvalue weighted by molar-refractivity contribution is -0.141. The molecule has 1 aliphatic carbocycles. The highest BCUT2D eigenvalue weighted by atomic mass is 19.4. The average molecular weight is 297 g/mol. The molecule has 1 aliphatic rings. The van der Waals surface area contributed by atoms with Crippen LogP contribution in [0.4, 0.5) is 19.0 Å². The van der Waals surface area contributed by atoms with E-state index in [0.717, 1.165) is 38.2 Å². The smallest absolute Gasteiger partial charge is 0.366 e. The number of pyridine rings is 1. The van der Waals surface area contributed by atoms with Gasteiger partial charge in [-0.3, -0.25) is 0 Å². The fourth-order valence-corrected chi connectivity index (χ4v) is 2.80. The predicted octanol–water partition coefficient (Wildman–Crippen LogP) is 4.35. The van der Waals surface area contributed by atoms with E-state index >= 15 is 0 Å². The lowest BCUT2D eigenvalue weighted by Gasteiger charge is -2.29. The van der Waals surface area contributed by atoms with Gasteiger partial charge in [-0.15, -0.1) is 0 Å². The van der Waals surface area contributed by atoms with E-state index in [2.05, 4.69) is 17.2 Å². The van der Waals surface area contributed by atoms with Crippen LogP contribution in [-0.4, -0.2) is 11.0 Å². The molecule has 21 heavy (non-hydrogen) atoms. The van der Waals surface area contributed by atoms with Gasteiger partial charge in [0, 0.05) is 6.04 Å². The molecule has 2 rings (SSSR count). The summed E-state index contributed by atoms with van der Waals surface area (Å²) in [5, 5.41) is 12.1. The lowest BCUT2D eigenvalue weighted by atomic mass is 9.84. The minimum Gasteiger partial charge on any atom is -0.366 e. The Bertz CT molecular complexity index is 534. The van der Waals surface area contributed by atoms with Gasteiger partial charge >= 0.3 is 6.18 Å². The number of nitriles is 1. The third kappa shape index (κ3) is 3.87. The second-order valence-corrected chi connectivity index (χ2v) is 5.48. The maximum absolute atomic E-state index is 12.7. The van der Waals surface area contributed by atoms with E-state index < -0.39 is 11.9 Å². The Morgan fingerprint density at radius 1 is 1.38 bits per heavy atom. The topological polar surface area (TPSA) is 48.7 Å². The quantitative estimate of drug-likeness (QED) is 0.902. The molecule has 0 spiro atoms. The molecule has 0 aliphatic heterocycles. The molecule has 0 radical (unpaired) electrons. The molecule has 0 amide bonds. The molecule has 0 aromatic carbocycles. The predicted molar refractivity (Wildman–Crippen MR) is 73.6 cm³/mol. The molecule has 0 bridgehead atoms. The molecule has 3 nitrogen and oxygen atoms in total. The summed E-state index contributed by atoms with van der Waals surface area (Å²) in [6.45, 7) is 2.12. The van der Waals surface area contributed by atoms with Crippen LogP contribution in [0.15, 0.2) is 12.1 Å². The molecule has 1 heterocycles. The molecular formula is C15H18F3N3. The standard InChI is InChI=1S/C15H18F3N3/c1-2-10-4-3-5-12(8-10)20-14-11(9-19)6-7-13(21-14)15(16,17)18/h6-7,10,12H,2-5,8H2,1H3,(H,20,21). The Morgan fingerprint density at radius 2 is 2.14 bits per heavy atom. The number of alkyl halides is 3. The van der Waals surface area contributed by atoms with Gasteiger partial charge in [-0.25, -0.2) is 4.98 Å². The molecule has 1 fully saturated rings. The fourth-order valence-electron chi connectivity index (χ4n) is 2.80. The molecular weight excluding hydrogens is 279 g/mol. The van der Waals surface area contributed by atoms with Gasteiger partial charge < -0.3 is 5.32 Å². The van der Waals surface area contributed by atoms with Crippen molar-refractivity contribution in [2.45, 2.75) is 51.2 Å². The van der Waals surface area contributed by atoms with Crippen molar-refractivity contribution in [2.24, 2.45) is 5.92 Å². The summed E-state index contributed by atoms with van der Waals surface area (Å²) in [4.78, 5) is 3.60. The summed E-state index contributed by atoms with van der Waals surface area (Å²) in [6, 6.07) is 4.01. The Labute approximate surface area is 122 Å². The molecule has 1 aromatic heterocycles. The third-order valence-corrected chi connectivity index (χ3v) is 4.01. The maximum Gasteiger partial charge on any atom is 0.433 e. The van der Waals surface area contributed by atoms with Gasteiger partial charge in [-0.2, -0.15) is 18.4 Å². The Kier molecular flexibility index (Phi) is 4.71. The van der Waals surface area contributed by atoms with Crippen LogP contribution in [0.3, 0.4) is 0 Å². The van der Waals surface area contributed by atoms with Crippen LogP contribution in [0.25, 0.3) is 0 Å². The van der Waals surface area contributed by atoms with Crippen molar-refractivity contribution in [2.75, 3.05) is 5.32 Å².